The smallest absolute Gasteiger partial charge is 0.264 e. The number of nitrogens with zero attached hydrogens (tertiary/aromatic N) is 2. The Bertz CT molecular complexity index is 1670. The molecule has 43 heavy (non-hydrogen) atoms. The Kier molecular flexibility index (Phi) is 10.9. The summed E-state index contributed by atoms with van der Waals surface area (Å²) < 4.78 is 29.0. The summed E-state index contributed by atoms with van der Waals surface area (Å²) in [6.07, 6.45) is 0.230. The van der Waals surface area contributed by atoms with Gasteiger partial charge in [0.05, 0.1) is 20.6 Å². The first-order valence-electron chi connectivity index (χ1n) is 13.8. The molecule has 0 heterocycles. The monoisotopic (exact) mass is 637 g/mol. The van der Waals surface area contributed by atoms with E-state index in [0.717, 1.165) is 21.0 Å². The number of carbonyl (C=O) groups excluding carboxylic acids is 2. The van der Waals surface area contributed by atoms with Crippen LogP contribution in [0.3, 0.4) is 0 Å². The van der Waals surface area contributed by atoms with Gasteiger partial charge in [-0.15, -0.1) is 0 Å². The van der Waals surface area contributed by atoms with Gasteiger partial charge in [0, 0.05) is 19.5 Å². The second kappa shape index (κ2) is 14.6. The summed E-state index contributed by atoms with van der Waals surface area (Å²) >= 11 is 12.8. The van der Waals surface area contributed by atoms with E-state index in [1.54, 1.807) is 31.2 Å². The van der Waals surface area contributed by atoms with Crippen LogP contribution in [-0.2, 0) is 32.6 Å². The average molecular weight is 639 g/mol. The molecular weight excluding hydrogens is 605 g/mol. The lowest BCUT2D eigenvalue weighted by atomic mass is 10.0. The molecule has 0 aliphatic rings. The molecule has 4 rings (SSSR count). The minimum absolute atomic E-state index is 0.00788. The number of rotatable bonds is 12. The maximum absolute atomic E-state index is 14.4. The van der Waals surface area contributed by atoms with Gasteiger partial charge < -0.3 is 10.2 Å². The molecule has 0 saturated carbocycles. The number of benzene rings is 4. The zero-order chi connectivity index (χ0) is 31.0. The summed E-state index contributed by atoms with van der Waals surface area (Å²) in [5.41, 5.74) is 2.67. The molecule has 0 saturated heterocycles. The van der Waals surface area contributed by atoms with Gasteiger partial charge in [0.1, 0.15) is 12.6 Å². The maximum Gasteiger partial charge on any atom is 0.264 e. The SMILES string of the molecule is CCNC(=O)[C@H](Cc1ccccc1)N(Cc1ccccc1C)C(=O)CN(c1cccc(Cl)c1Cl)S(=O)(=O)c1ccccc1. The highest BCUT2D eigenvalue weighted by atomic mass is 35.5. The molecule has 1 N–H and O–H groups in total. The lowest BCUT2D eigenvalue weighted by Gasteiger charge is -2.34. The summed E-state index contributed by atoms with van der Waals surface area (Å²) in [6, 6.07) is 28.4. The third-order valence-corrected chi connectivity index (χ3v) is 9.62. The molecule has 0 aromatic heterocycles. The van der Waals surface area contributed by atoms with E-state index in [1.807, 2.05) is 61.5 Å². The number of sulfonamides is 1. The van der Waals surface area contributed by atoms with Crippen molar-refractivity contribution in [1.82, 2.24) is 10.2 Å². The van der Waals surface area contributed by atoms with Crippen molar-refractivity contribution < 1.29 is 18.0 Å². The molecule has 0 aliphatic carbocycles. The molecule has 0 unspecified atom stereocenters. The van der Waals surface area contributed by atoms with Gasteiger partial charge in [0.15, 0.2) is 0 Å². The highest BCUT2D eigenvalue weighted by Gasteiger charge is 2.35. The Hall–Kier alpha value is -3.85. The Morgan fingerprint density at radius 3 is 2.12 bits per heavy atom. The van der Waals surface area contributed by atoms with Crippen LogP contribution in [0, 0.1) is 6.92 Å². The van der Waals surface area contributed by atoms with Crippen molar-refractivity contribution in [2.45, 2.75) is 37.8 Å². The first-order valence-corrected chi connectivity index (χ1v) is 16.0. The first kappa shape index (κ1) is 32.1. The number of carbonyl (C=O) groups is 2. The normalized spacial score (nSPS) is 11.9. The van der Waals surface area contributed by atoms with Gasteiger partial charge >= 0.3 is 0 Å². The van der Waals surface area contributed by atoms with Crippen LogP contribution < -0.4 is 9.62 Å². The number of anilines is 1. The molecule has 0 fully saturated rings. The minimum Gasteiger partial charge on any atom is -0.355 e. The lowest BCUT2D eigenvalue weighted by molar-refractivity contribution is -0.140. The van der Waals surface area contributed by atoms with E-state index in [1.165, 1.54) is 29.2 Å². The van der Waals surface area contributed by atoms with Crippen LogP contribution in [0.1, 0.15) is 23.6 Å². The highest BCUT2D eigenvalue weighted by Crippen LogP contribution is 2.35. The summed E-state index contributed by atoms with van der Waals surface area (Å²) in [7, 11) is -4.28. The molecule has 1 atom stereocenters. The van der Waals surface area contributed by atoms with Crippen molar-refractivity contribution in [3.8, 4) is 0 Å². The van der Waals surface area contributed by atoms with E-state index in [9.17, 15) is 18.0 Å². The predicted octanol–water partition coefficient (Wildman–Crippen LogP) is 6.27. The fourth-order valence-electron chi connectivity index (χ4n) is 4.74. The quantitative estimate of drug-likeness (QED) is 0.198. The fourth-order valence-corrected chi connectivity index (χ4v) is 6.63. The highest BCUT2D eigenvalue weighted by molar-refractivity contribution is 7.92. The zero-order valence-corrected chi connectivity index (χ0v) is 26.2. The van der Waals surface area contributed by atoms with Gasteiger partial charge in [-0.3, -0.25) is 13.9 Å². The van der Waals surface area contributed by atoms with Crippen LogP contribution in [0.4, 0.5) is 5.69 Å². The van der Waals surface area contributed by atoms with Crippen molar-refractivity contribution in [3.63, 3.8) is 0 Å². The largest absolute Gasteiger partial charge is 0.355 e. The maximum atomic E-state index is 14.4. The summed E-state index contributed by atoms with van der Waals surface area (Å²) in [6.45, 7) is 3.56. The van der Waals surface area contributed by atoms with Gasteiger partial charge in [-0.2, -0.15) is 0 Å². The fraction of sp³-hybridized carbons (Fsp3) is 0.212. The van der Waals surface area contributed by atoms with E-state index in [-0.39, 0.29) is 39.5 Å². The topological polar surface area (TPSA) is 86.8 Å². The van der Waals surface area contributed by atoms with Crippen LogP contribution >= 0.6 is 23.2 Å². The van der Waals surface area contributed by atoms with E-state index in [2.05, 4.69) is 5.32 Å². The van der Waals surface area contributed by atoms with E-state index in [0.29, 0.717) is 6.54 Å². The van der Waals surface area contributed by atoms with Crippen LogP contribution in [0.15, 0.2) is 108 Å². The van der Waals surface area contributed by atoms with Gasteiger partial charge in [-0.05, 0) is 54.8 Å². The van der Waals surface area contributed by atoms with Crippen LogP contribution in [0.5, 0.6) is 0 Å². The molecule has 7 nitrogen and oxygen atoms in total. The Morgan fingerprint density at radius 2 is 1.47 bits per heavy atom. The summed E-state index contributed by atoms with van der Waals surface area (Å²) in [4.78, 5) is 29.4. The molecule has 4 aromatic rings. The molecule has 0 spiro atoms. The van der Waals surface area contributed by atoms with Crippen LogP contribution in [0.25, 0.3) is 0 Å². The van der Waals surface area contributed by atoms with E-state index in [4.69, 9.17) is 23.2 Å². The van der Waals surface area contributed by atoms with Gasteiger partial charge in [-0.1, -0.05) is 102 Å². The predicted molar refractivity (Wildman–Crippen MR) is 172 cm³/mol. The van der Waals surface area contributed by atoms with Crippen molar-refractivity contribution in [2.24, 2.45) is 0 Å². The number of halogens is 2. The van der Waals surface area contributed by atoms with Crippen LogP contribution in [-0.4, -0.2) is 44.3 Å². The molecule has 10 heteroatoms. The Labute approximate surface area is 263 Å². The average Bonchev–Trinajstić information content (AvgIpc) is 3.01. The second-order valence-corrected chi connectivity index (χ2v) is 12.6. The summed E-state index contributed by atoms with van der Waals surface area (Å²) in [5, 5.41) is 2.99. The summed E-state index contributed by atoms with van der Waals surface area (Å²) in [5.74, 6) is -0.919. The number of nitrogens with one attached hydrogen (secondary N) is 1. The standard InChI is InChI=1S/C33H33Cl2N3O4S/c1-3-36-33(40)30(21-25-14-6-4-7-15-25)37(22-26-16-11-10-13-24(26)2)31(39)23-38(29-20-12-19-28(34)32(29)35)43(41,42)27-17-8-5-9-18-27/h4-20,30H,3,21-23H2,1-2H3,(H,36,40)/t30-/m0/s1. The Balaban J connectivity index is 1.83. The third kappa shape index (κ3) is 7.76. The molecule has 4 aromatic carbocycles. The lowest BCUT2D eigenvalue weighted by Crippen LogP contribution is -2.53. The van der Waals surface area contributed by atoms with E-state index < -0.39 is 28.5 Å². The zero-order valence-electron chi connectivity index (χ0n) is 23.9. The number of hydrogen-bond donors (Lipinski definition) is 1. The molecule has 0 radical (unpaired) electrons. The molecular formula is C33H33Cl2N3O4S. The van der Waals surface area contributed by atoms with Gasteiger partial charge in [0.2, 0.25) is 11.8 Å². The number of aryl methyl sites for hydroxylation is 1. The van der Waals surface area contributed by atoms with Crippen molar-refractivity contribution >= 4 is 50.7 Å². The number of likely N-dealkylation sites (N-methyl/N-ethyl adjacent to an activating group) is 1. The van der Waals surface area contributed by atoms with Gasteiger partial charge in [0.25, 0.3) is 10.0 Å². The Morgan fingerprint density at radius 1 is 0.837 bits per heavy atom. The first-order chi connectivity index (χ1) is 20.6. The number of hydrogen-bond acceptors (Lipinski definition) is 4. The van der Waals surface area contributed by atoms with Crippen molar-refractivity contribution in [2.75, 3.05) is 17.4 Å². The van der Waals surface area contributed by atoms with Gasteiger partial charge in [-0.25, -0.2) is 8.42 Å². The second-order valence-electron chi connectivity index (χ2n) is 9.95. The van der Waals surface area contributed by atoms with E-state index >= 15 is 0 Å². The van der Waals surface area contributed by atoms with Crippen molar-refractivity contribution in [3.05, 3.63) is 130 Å². The third-order valence-electron chi connectivity index (χ3n) is 7.03. The van der Waals surface area contributed by atoms with Crippen molar-refractivity contribution in [1.29, 1.82) is 0 Å². The van der Waals surface area contributed by atoms with Crippen LogP contribution in [0.2, 0.25) is 10.0 Å². The molecule has 224 valence electrons. The molecule has 0 bridgehead atoms. The molecule has 2 amide bonds. The number of amides is 2. The minimum atomic E-state index is -4.28. The molecule has 0 aliphatic heterocycles.